The van der Waals surface area contributed by atoms with Gasteiger partial charge >= 0.3 is 0 Å². The van der Waals surface area contributed by atoms with E-state index in [9.17, 15) is 18.5 Å². The van der Waals surface area contributed by atoms with Crippen LogP contribution in [0.2, 0.25) is 0 Å². The average molecular weight is 323 g/mol. The molecule has 7 nitrogen and oxygen atoms in total. The van der Waals surface area contributed by atoms with Crippen LogP contribution in [-0.2, 0) is 10.0 Å². The number of nitrogens with two attached hydrogens (primary N) is 1. The summed E-state index contributed by atoms with van der Waals surface area (Å²) in [5, 5.41) is 16.4. The number of anilines is 1. The number of nitro groups is 1. The number of primary sulfonamides is 1. The normalized spacial score (nSPS) is 32.7. The third-order valence-corrected chi connectivity index (χ3v) is 6.50. The van der Waals surface area contributed by atoms with Gasteiger partial charge in [-0.25, -0.2) is 13.6 Å². The predicted octanol–water partition coefficient (Wildman–Crippen LogP) is 1.48. The molecule has 1 aromatic rings. The number of nitro benzene ring substituents is 1. The largest absolute Gasteiger partial charge is 0.362 e. The minimum absolute atomic E-state index is 0.173. The molecule has 2 aliphatic carbocycles. The van der Waals surface area contributed by atoms with Gasteiger partial charge in [0, 0.05) is 18.7 Å². The SMILES string of the molecule is NS(=O)(=O)c1ccc(N2C[C@H]3[C@H]4CC[C@@H](C4)[C@H]32)c([N+](=O)[O-])c1. The minimum Gasteiger partial charge on any atom is -0.362 e. The van der Waals surface area contributed by atoms with E-state index in [1.54, 1.807) is 0 Å². The molecular formula is C14H17N3O4S. The highest BCUT2D eigenvalue weighted by atomic mass is 32.2. The summed E-state index contributed by atoms with van der Waals surface area (Å²) in [6, 6.07) is 4.35. The monoisotopic (exact) mass is 323 g/mol. The summed E-state index contributed by atoms with van der Waals surface area (Å²) in [7, 11) is -3.94. The third-order valence-electron chi connectivity index (χ3n) is 5.59. The topological polar surface area (TPSA) is 107 Å². The molecule has 1 saturated heterocycles. The number of fused-ring (bicyclic) bond motifs is 5. The summed E-state index contributed by atoms with van der Waals surface area (Å²) in [6.45, 7) is 0.835. The fourth-order valence-corrected chi connectivity index (χ4v) is 5.20. The molecule has 22 heavy (non-hydrogen) atoms. The van der Waals surface area contributed by atoms with Crippen LogP contribution in [0.5, 0.6) is 0 Å². The molecule has 0 unspecified atom stereocenters. The van der Waals surface area contributed by atoms with Crippen molar-refractivity contribution < 1.29 is 13.3 Å². The first-order valence-corrected chi connectivity index (χ1v) is 8.99. The molecule has 3 aliphatic rings. The van der Waals surface area contributed by atoms with Gasteiger partial charge in [0.15, 0.2) is 0 Å². The first kappa shape index (κ1) is 14.0. The number of nitrogens with zero attached hydrogens (tertiary/aromatic N) is 2. The lowest BCUT2D eigenvalue weighted by molar-refractivity contribution is -0.384. The third kappa shape index (κ3) is 1.87. The molecule has 0 amide bonds. The van der Waals surface area contributed by atoms with Crippen LogP contribution in [0.1, 0.15) is 19.3 Å². The maximum atomic E-state index is 11.4. The van der Waals surface area contributed by atoms with Gasteiger partial charge in [-0.15, -0.1) is 0 Å². The van der Waals surface area contributed by atoms with E-state index in [2.05, 4.69) is 4.90 Å². The summed E-state index contributed by atoms with van der Waals surface area (Å²) in [6.07, 6.45) is 3.71. The second kappa shape index (κ2) is 4.42. The standard InChI is InChI=1S/C14H17N3O4S/c15-22(20,21)10-3-4-12(13(6-10)17(18)19)16-7-11-8-1-2-9(5-8)14(11)16/h3-4,6,8-9,11,14H,1-2,5,7H2,(H2,15,20,21)/t8-,9-,11-,14+/m0/s1. The Morgan fingerprint density at radius 2 is 2.00 bits per heavy atom. The van der Waals surface area contributed by atoms with E-state index in [0.717, 1.165) is 18.5 Å². The molecule has 2 saturated carbocycles. The molecule has 1 heterocycles. The highest BCUT2D eigenvalue weighted by molar-refractivity contribution is 7.89. The minimum atomic E-state index is -3.94. The zero-order valence-corrected chi connectivity index (χ0v) is 12.7. The Balaban J connectivity index is 1.72. The van der Waals surface area contributed by atoms with Gasteiger partial charge in [0.1, 0.15) is 5.69 Å². The molecule has 3 fully saturated rings. The lowest BCUT2D eigenvalue weighted by Gasteiger charge is -2.51. The second-order valence-corrected chi connectivity index (χ2v) is 8.15. The molecule has 4 rings (SSSR count). The van der Waals surface area contributed by atoms with Crippen LogP contribution in [0.3, 0.4) is 0 Å². The zero-order chi connectivity index (χ0) is 15.6. The zero-order valence-electron chi connectivity index (χ0n) is 11.9. The van der Waals surface area contributed by atoms with Crippen LogP contribution < -0.4 is 10.0 Å². The van der Waals surface area contributed by atoms with Crippen molar-refractivity contribution in [2.45, 2.75) is 30.2 Å². The lowest BCUT2D eigenvalue weighted by Crippen LogP contribution is -2.59. The molecule has 2 bridgehead atoms. The number of hydrogen-bond acceptors (Lipinski definition) is 5. The maximum Gasteiger partial charge on any atom is 0.293 e. The number of benzene rings is 1. The van der Waals surface area contributed by atoms with Gasteiger partial charge in [-0.1, -0.05) is 0 Å². The fraction of sp³-hybridized carbons (Fsp3) is 0.571. The summed E-state index contributed by atoms with van der Waals surface area (Å²) in [5.41, 5.74) is 0.346. The van der Waals surface area contributed by atoms with E-state index in [0.29, 0.717) is 23.6 Å². The van der Waals surface area contributed by atoms with Crippen molar-refractivity contribution in [2.75, 3.05) is 11.4 Å². The Labute approximate surface area is 128 Å². The number of sulfonamides is 1. The summed E-state index contributed by atoms with van der Waals surface area (Å²) in [5.74, 6) is 2.05. The van der Waals surface area contributed by atoms with Gasteiger partial charge in [-0.3, -0.25) is 10.1 Å². The van der Waals surface area contributed by atoms with E-state index >= 15 is 0 Å². The Bertz CT molecular complexity index is 761. The van der Waals surface area contributed by atoms with E-state index in [1.807, 2.05) is 0 Å². The van der Waals surface area contributed by atoms with E-state index in [1.165, 1.54) is 31.4 Å². The highest BCUT2D eigenvalue weighted by Crippen LogP contribution is 2.57. The molecule has 4 atom stereocenters. The summed E-state index contributed by atoms with van der Waals surface area (Å²) in [4.78, 5) is 12.7. The Hall–Kier alpha value is -1.67. The predicted molar refractivity (Wildman–Crippen MR) is 79.9 cm³/mol. The number of rotatable bonds is 3. The first-order chi connectivity index (χ1) is 10.4. The van der Waals surface area contributed by atoms with Crippen molar-refractivity contribution in [1.82, 2.24) is 0 Å². The molecule has 0 spiro atoms. The van der Waals surface area contributed by atoms with Crippen molar-refractivity contribution in [3.8, 4) is 0 Å². The Morgan fingerprint density at radius 1 is 1.27 bits per heavy atom. The van der Waals surface area contributed by atoms with Crippen LogP contribution in [0.25, 0.3) is 0 Å². The van der Waals surface area contributed by atoms with Crippen LogP contribution in [0, 0.1) is 27.9 Å². The van der Waals surface area contributed by atoms with Gasteiger partial charge in [-0.05, 0) is 49.1 Å². The summed E-state index contributed by atoms with van der Waals surface area (Å²) < 4.78 is 22.8. The van der Waals surface area contributed by atoms with Gasteiger partial charge in [-0.2, -0.15) is 0 Å². The Morgan fingerprint density at radius 3 is 2.64 bits per heavy atom. The molecular weight excluding hydrogens is 306 g/mol. The van der Waals surface area contributed by atoms with E-state index < -0.39 is 14.9 Å². The fourth-order valence-electron chi connectivity index (χ4n) is 4.66. The second-order valence-electron chi connectivity index (χ2n) is 6.59. The molecule has 8 heteroatoms. The molecule has 1 aromatic carbocycles. The van der Waals surface area contributed by atoms with Crippen molar-refractivity contribution in [1.29, 1.82) is 0 Å². The van der Waals surface area contributed by atoms with Crippen molar-refractivity contribution >= 4 is 21.4 Å². The van der Waals surface area contributed by atoms with Gasteiger partial charge in [0.2, 0.25) is 10.0 Å². The van der Waals surface area contributed by atoms with Gasteiger partial charge in [0.05, 0.1) is 9.82 Å². The molecule has 0 radical (unpaired) electrons. The van der Waals surface area contributed by atoms with Gasteiger partial charge < -0.3 is 4.90 Å². The van der Waals surface area contributed by atoms with E-state index in [-0.39, 0.29) is 10.6 Å². The van der Waals surface area contributed by atoms with Crippen molar-refractivity contribution in [2.24, 2.45) is 22.9 Å². The van der Waals surface area contributed by atoms with Crippen LogP contribution in [0.4, 0.5) is 11.4 Å². The highest BCUT2D eigenvalue weighted by Gasteiger charge is 2.57. The van der Waals surface area contributed by atoms with E-state index in [4.69, 9.17) is 5.14 Å². The number of hydrogen-bond donors (Lipinski definition) is 1. The summed E-state index contributed by atoms with van der Waals surface area (Å²) >= 11 is 0. The van der Waals surface area contributed by atoms with Crippen LogP contribution in [0.15, 0.2) is 23.1 Å². The Kier molecular flexibility index (Phi) is 2.80. The quantitative estimate of drug-likeness (QED) is 0.669. The average Bonchev–Trinajstić information content (AvgIpc) is 2.94. The lowest BCUT2D eigenvalue weighted by atomic mass is 9.76. The molecule has 2 N–H and O–H groups in total. The first-order valence-electron chi connectivity index (χ1n) is 7.44. The molecule has 1 aliphatic heterocycles. The smallest absolute Gasteiger partial charge is 0.293 e. The molecule has 0 aromatic heterocycles. The van der Waals surface area contributed by atoms with Crippen molar-refractivity contribution in [3.05, 3.63) is 28.3 Å². The van der Waals surface area contributed by atoms with Gasteiger partial charge in [0.25, 0.3) is 5.69 Å². The molecule has 118 valence electrons. The van der Waals surface area contributed by atoms with Crippen molar-refractivity contribution in [3.63, 3.8) is 0 Å². The van der Waals surface area contributed by atoms with Crippen LogP contribution >= 0.6 is 0 Å². The maximum absolute atomic E-state index is 11.4. The van der Waals surface area contributed by atoms with Crippen LogP contribution in [-0.4, -0.2) is 25.9 Å².